The highest BCUT2D eigenvalue weighted by Gasteiger charge is 2.14. The van der Waals surface area contributed by atoms with Crippen molar-refractivity contribution in [1.29, 1.82) is 0 Å². The predicted molar refractivity (Wildman–Crippen MR) is 101 cm³/mol. The van der Waals surface area contributed by atoms with Crippen LogP contribution in [0.1, 0.15) is 35.3 Å². The van der Waals surface area contributed by atoms with E-state index in [1.54, 1.807) is 17.9 Å². The molecule has 1 heterocycles. The molecule has 1 aromatic heterocycles. The van der Waals surface area contributed by atoms with E-state index < -0.39 is 0 Å². The first-order chi connectivity index (χ1) is 12.5. The molecule has 0 fully saturated rings. The van der Waals surface area contributed by atoms with Crippen LogP contribution in [0.4, 0.5) is 4.39 Å². The van der Waals surface area contributed by atoms with Crippen molar-refractivity contribution in [1.82, 2.24) is 15.1 Å². The highest BCUT2D eigenvalue weighted by molar-refractivity contribution is 5.37. The first kappa shape index (κ1) is 18.1. The van der Waals surface area contributed by atoms with E-state index in [-0.39, 0.29) is 11.9 Å². The number of nitrogens with one attached hydrogen (secondary N) is 1. The number of methoxy groups -OCH3 is 1. The van der Waals surface area contributed by atoms with Gasteiger partial charge in [-0.2, -0.15) is 5.10 Å². The molecule has 4 nitrogen and oxygen atoms in total. The molecule has 3 rings (SSSR count). The zero-order valence-electron chi connectivity index (χ0n) is 15.6. The van der Waals surface area contributed by atoms with E-state index in [0.717, 1.165) is 34.8 Å². The Morgan fingerprint density at radius 1 is 1.19 bits per heavy atom. The lowest BCUT2D eigenvalue weighted by Crippen LogP contribution is -2.18. The van der Waals surface area contributed by atoms with Crippen LogP contribution >= 0.6 is 0 Å². The minimum Gasteiger partial charge on any atom is -0.496 e. The number of nitrogens with zero attached hydrogens (tertiary/aromatic N) is 2. The van der Waals surface area contributed by atoms with Crippen LogP contribution in [0.15, 0.2) is 48.7 Å². The van der Waals surface area contributed by atoms with Gasteiger partial charge in [0.25, 0.3) is 0 Å². The molecule has 0 bridgehead atoms. The molecule has 2 aromatic carbocycles. The maximum Gasteiger partial charge on any atom is 0.125 e. The fraction of sp³-hybridized carbons (Fsp3) is 0.286. The van der Waals surface area contributed by atoms with Gasteiger partial charge in [0.1, 0.15) is 11.6 Å². The van der Waals surface area contributed by atoms with Gasteiger partial charge >= 0.3 is 0 Å². The van der Waals surface area contributed by atoms with Crippen LogP contribution in [0.3, 0.4) is 0 Å². The lowest BCUT2D eigenvalue weighted by Gasteiger charge is -2.15. The maximum absolute atomic E-state index is 13.5. The lowest BCUT2D eigenvalue weighted by atomic mass is 10.1. The first-order valence-electron chi connectivity index (χ1n) is 8.67. The summed E-state index contributed by atoms with van der Waals surface area (Å²) in [4.78, 5) is 0. The van der Waals surface area contributed by atoms with Crippen LogP contribution in [-0.2, 0) is 6.54 Å². The lowest BCUT2D eigenvalue weighted by molar-refractivity contribution is 0.411. The van der Waals surface area contributed by atoms with Crippen molar-refractivity contribution in [3.63, 3.8) is 0 Å². The van der Waals surface area contributed by atoms with Crippen molar-refractivity contribution < 1.29 is 9.13 Å². The van der Waals surface area contributed by atoms with Gasteiger partial charge in [0.15, 0.2) is 0 Å². The number of hydrogen-bond acceptors (Lipinski definition) is 3. The van der Waals surface area contributed by atoms with E-state index in [2.05, 4.69) is 29.5 Å². The van der Waals surface area contributed by atoms with Crippen LogP contribution < -0.4 is 10.1 Å². The molecular formula is C21H24FN3O. The molecule has 0 saturated carbocycles. The largest absolute Gasteiger partial charge is 0.496 e. The highest BCUT2D eigenvalue weighted by atomic mass is 19.1. The summed E-state index contributed by atoms with van der Waals surface area (Å²) >= 11 is 0. The fourth-order valence-corrected chi connectivity index (χ4v) is 3.15. The molecule has 0 amide bonds. The van der Waals surface area contributed by atoms with Crippen LogP contribution in [0.2, 0.25) is 0 Å². The molecule has 136 valence electrons. The molecule has 3 aromatic rings. The minimum absolute atomic E-state index is 0.125. The van der Waals surface area contributed by atoms with E-state index in [0.29, 0.717) is 0 Å². The van der Waals surface area contributed by atoms with Gasteiger partial charge in [-0.1, -0.05) is 18.2 Å². The molecule has 1 N–H and O–H groups in total. The molecule has 0 radical (unpaired) electrons. The van der Waals surface area contributed by atoms with Gasteiger partial charge in [0.05, 0.1) is 19.0 Å². The molecule has 0 aliphatic rings. The Balaban J connectivity index is 1.72. The number of ether oxygens (including phenoxy) is 1. The molecule has 0 aliphatic heterocycles. The Bertz CT molecular complexity index is 904. The second-order valence-electron chi connectivity index (χ2n) is 6.48. The van der Waals surface area contributed by atoms with Gasteiger partial charge in [0.2, 0.25) is 0 Å². The zero-order chi connectivity index (χ0) is 18.7. The van der Waals surface area contributed by atoms with Crippen LogP contribution in [0.5, 0.6) is 5.75 Å². The molecule has 5 heteroatoms. The van der Waals surface area contributed by atoms with Crippen molar-refractivity contribution in [2.45, 2.75) is 33.4 Å². The van der Waals surface area contributed by atoms with Crippen molar-refractivity contribution in [3.05, 3.63) is 76.9 Å². The van der Waals surface area contributed by atoms with E-state index in [1.807, 2.05) is 32.2 Å². The molecule has 26 heavy (non-hydrogen) atoms. The third-order valence-corrected chi connectivity index (χ3v) is 4.64. The SMILES string of the molecule is COc1ccc(CNC(C)c2cnn(-c3cccc(F)c3)c2C)cc1C. The summed E-state index contributed by atoms with van der Waals surface area (Å²) in [6, 6.07) is 12.8. The number of aryl methyl sites for hydroxylation is 1. The summed E-state index contributed by atoms with van der Waals surface area (Å²) in [6.45, 7) is 6.90. The summed E-state index contributed by atoms with van der Waals surface area (Å²) in [5, 5.41) is 7.96. The van der Waals surface area contributed by atoms with Crippen LogP contribution in [0.25, 0.3) is 5.69 Å². The summed E-state index contributed by atoms with van der Waals surface area (Å²) < 4.78 is 20.6. The topological polar surface area (TPSA) is 39.1 Å². The quantitative estimate of drug-likeness (QED) is 0.710. The molecular weight excluding hydrogens is 329 g/mol. The Labute approximate surface area is 153 Å². The van der Waals surface area contributed by atoms with Crippen LogP contribution in [-0.4, -0.2) is 16.9 Å². The highest BCUT2D eigenvalue weighted by Crippen LogP contribution is 2.22. The van der Waals surface area contributed by atoms with Crippen molar-refractivity contribution in [2.24, 2.45) is 0 Å². The van der Waals surface area contributed by atoms with Gasteiger partial charge < -0.3 is 10.1 Å². The molecule has 0 saturated heterocycles. The second-order valence-corrected chi connectivity index (χ2v) is 6.48. The minimum atomic E-state index is -0.264. The van der Waals surface area contributed by atoms with Crippen LogP contribution in [0, 0.1) is 19.7 Å². The fourth-order valence-electron chi connectivity index (χ4n) is 3.15. The number of hydrogen-bond donors (Lipinski definition) is 1. The predicted octanol–water partition coefficient (Wildman–Crippen LogP) is 4.49. The van der Waals surface area contributed by atoms with Gasteiger partial charge in [0, 0.05) is 23.8 Å². The first-order valence-corrected chi connectivity index (χ1v) is 8.67. The second kappa shape index (κ2) is 7.70. The summed E-state index contributed by atoms with van der Waals surface area (Å²) in [6.07, 6.45) is 1.84. The normalized spacial score (nSPS) is 12.2. The van der Waals surface area contributed by atoms with Gasteiger partial charge in [-0.15, -0.1) is 0 Å². The third kappa shape index (κ3) is 3.78. The molecule has 0 spiro atoms. The summed E-state index contributed by atoms with van der Waals surface area (Å²) in [5.41, 5.74) is 5.15. The van der Waals surface area contributed by atoms with Crippen molar-refractivity contribution >= 4 is 0 Å². The average Bonchev–Trinajstić information content (AvgIpc) is 3.01. The molecule has 0 aliphatic carbocycles. The smallest absolute Gasteiger partial charge is 0.125 e. The monoisotopic (exact) mass is 353 g/mol. The van der Waals surface area contributed by atoms with Crippen molar-refractivity contribution in [3.8, 4) is 11.4 Å². The standard InChI is InChI=1S/C21H24FN3O/c1-14-10-17(8-9-21(14)26-4)12-23-15(2)20-13-24-25(16(20)3)19-7-5-6-18(22)11-19/h5-11,13,15,23H,12H2,1-4H3. The summed E-state index contributed by atoms with van der Waals surface area (Å²) in [7, 11) is 1.68. The Kier molecular flexibility index (Phi) is 5.38. The maximum atomic E-state index is 13.5. The van der Waals surface area contributed by atoms with E-state index in [4.69, 9.17) is 4.74 Å². The van der Waals surface area contributed by atoms with Gasteiger partial charge in [-0.25, -0.2) is 9.07 Å². The Hall–Kier alpha value is -2.66. The molecule has 1 unspecified atom stereocenters. The van der Waals surface area contributed by atoms with E-state index >= 15 is 0 Å². The number of rotatable bonds is 6. The zero-order valence-corrected chi connectivity index (χ0v) is 15.6. The number of benzene rings is 2. The average molecular weight is 353 g/mol. The summed E-state index contributed by atoms with van der Waals surface area (Å²) in [5.74, 6) is 0.633. The number of halogens is 1. The number of aromatic nitrogens is 2. The van der Waals surface area contributed by atoms with Gasteiger partial charge in [-0.3, -0.25) is 0 Å². The molecule has 1 atom stereocenters. The van der Waals surface area contributed by atoms with Gasteiger partial charge in [-0.05, 0) is 56.2 Å². The van der Waals surface area contributed by atoms with Crippen molar-refractivity contribution in [2.75, 3.05) is 7.11 Å². The Morgan fingerprint density at radius 2 is 2.00 bits per heavy atom. The van der Waals surface area contributed by atoms with E-state index in [9.17, 15) is 4.39 Å². The van der Waals surface area contributed by atoms with E-state index in [1.165, 1.54) is 17.7 Å². The third-order valence-electron chi connectivity index (χ3n) is 4.64. The Morgan fingerprint density at radius 3 is 2.69 bits per heavy atom.